The molecule has 2 aromatic carbocycles. The topological polar surface area (TPSA) is 105 Å². The molecule has 38 heavy (non-hydrogen) atoms. The van der Waals surface area contributed by atoms with E-state index < -0.39 is 16.1 Å². The number of rotatable bonds is 14. The standard InChI is InChI=1S/C28H39N3O6S/c1-5-21(3)29-28(33)24(6-2)30(18-16-22-11-8-7-9-12-22)27(32)13-10-17-31(38(4,34)35)23-14-15-25-26(19-23)37-20-36-25/h7-9,11-12,14-15,19,21,24H,5-6,10,13,16-18,20H2,1-4H3,(H,29,33)/t21-,24+/m1/s1. The van der Waals surface area contributed by atoms with Crippen LogP contribution in [-0.4, -0.2) is 63.4 Å². The van der Waals surface area contributed by atoms with Gasteiger partial charge in [0.15, 0.2) is 11.5 Å². The normalized spacial score (nSPS) is 14.0. The minimum atomic E-state index is -3.60. The average Bonchev–Trinajstić information content (AvgIpc) is 3.36. The number of nitrogens with one attached hydrogen (secondary N) is 1. The van der Waals surface area contributed by atoms with Crippen molar-refractivity contribution in [2.24, 2.45) is 0 Å². The number of ether oxygens (including phenoxy) is 2. The first-order valence-electron chi connectivity index (χ1n) is 13.1. The summed E-state index contributed by atoms with van der Waals surface area (Å²) >= 11 is 0. The molecule has 0 aromatic heterocycles. The third kappa shape index (κ3) is 7.86. The number of nitrogens with zero attached hydrogens (tertiary/aromatic N) is 2. The van der Waals surface area contributed by atoms with Crippen molar-refractivity contribution in [2.75, 3.05) is 30.4 Å². The highest BCUT2D eigenvalue weighted by molar-refractivity contribution is 7.92. The van der Waals surface area contributed by atoms with Crippen molar-refractivity contribution >= 4 is 27.5 Å². The number of amides is 2. The van der Waals surface area contributed by atoms with E-state index in [-0.39, 0.29) is 37.6 Å². The van der Waals surface area contributed by atoms with Crippen LogP contribution in [0.1, 0.15) is 52.0 Å². The minimum Gasteiger partial charge on any atom is -0.454 e. The molecule has 0 unspecified atom stereocenters. The van der Waals surface area contributed by atoms with E-state index in [1.807, 2.05) is 51.1 Å². The van der Waals surface area contributed by atoms with Crippen molar-refractivity contribution in [2.45, 2.75) is 65.0 Å². The number of benzene rings is 2. The van der Waals surface area contributed by atoms with Crippen LogP contribution in [0.5, 0.6) is 11.5 Å². The fourth-order valence-corrected chi connectivity index (χ4v) is 5.34. The molecule has 0 aliphatic carbocycles. The SMILES string of the molecule is CC[C@@H](C)NC(=O)[C@H](CC)N(CCc1ccccc1)C(=O)CCCN(c1ccc2c(c1)OCO2)S(C)(=O)=O. The molecule has 2 atom stereocenters. The largest absolute Gasteiger partial charge is 0.454 e. The molecule has 10 heteroatoms. The number of carbonyl (C=O) groups is 2. The molecule has 1 aliphatic heterocycles. The molecule has 0 bridgehead atoms. The quantitative estimate of drug-likeness (QED) is 0.388. The third-order valence-electron chi connectivity index (χ3n) is 6.67. The number of sulfonamides is 1. The Morgan fingerprint density at radius 2 is 1.71 bits per heavy atom. The van der Waals surface area contributed by atoms with Gasteiger partial charge in [0.05, 0.1) is 11.9 Å². The second-order valence-electron chi connectivity index (χ2n) is 9.54. The second kappa shape index (κ2) is 13.5. The van der Waals surface area contributed by atoms with E-state index in [0.717, 1.165) is 18.2 Å². The first kappa shape index (κ1) is 29.3. The number of hydrogen-bond donors (Lipinski definition) is 1. The summed E-state index contributed by atoms with van der Waals surface area (Å²) in [5, 5.41) is 3.01. The molecular weight excluding hydrogens is 506 g/mol. The number of anilines is 1. The van der Waals surface area contributed by atoms with Crippen LogP contribution in [0.25, 0.3) is 0 Å². The summed E-state index contributed by atoms with van der Waals surface area (Å²) in [6.07, 6.45) is 3.44. The van der Waals surface area contributed by atoms with E-state index in [1.54, 1.807) is 23.1 Å². The van der Waals surface area contributed by atoms with Crippen LogP contribution in [0.3, 0.4) is 0 Å². The lowest BCUT2D eigenvalue weighted by atomic mass is 10.1. The molecule has 0 radical (unpaired) electrons. The van der Waals surface area contributed by atoms with Crippen LogP contribution in [0.4, 0.5) is 5.69 Å². The summed E-state index contributed by atoms with van der Waals surface area (Å²) in [4.78, 5) is 28.2. The molecular formula is C28H39N3O6S. The maximum absolute atomic E-state index is 13.5. The van der Waals surface area contributed by atoms with Gasteiger partial charge in [0, 0.05) is 31.6 Å². The highest BCUT2D eigenvalue weighted by Gasteiger charge is 2.29. The van der Waals surface area contributed by atoms with Crippen molar-refractivity contribution in [3.05, 3.63) is 54.1 Å². The Morgan fingerprint density at radius 3 is 2.37 bits per heavy atom. The summed E-state index contributed by atoms with van der Waals surface area (Å²) in [6, 6.07) is 14.2. The summed E-state index contributed by atoms with van der Waals surface area (Å²) in [5.41, 5.74) is 1.53. The molecule has 2 aromatic rings. The van der Waals surface area contributed by atoms with E-state index in [4.69, 9.17) is 9.47 Å². The summed E-state index contributed by atoms with van der Waals surface area (Å²) in [5.74, 6) is 0.706. The molecule has 1 heterocycles. The Kier molecular flexibility index (Phi) is 10.4. The summed E-state index contributed by atoms with van der Waals surface area (Å²) in [7, 11) is -3.60. The number of fused-ring (bicyclic) bond motifs is 1. The van der Waals surface area contributed by atoms with Crippen molar-refractivity contribution in [1.82, 2.24) is 10.2 Å². The Hall–Kier alpha value is -3.27. The zero-order chi connectivity index (χ0) is 27.7. The zero-order valence-electron chi connectivity index (χ0n) is 22.7. The van der Waals surface area contributed by atoms with Crippen molar-refractivity contribution < 1.29 is 27.5 Å². The van der Waals surface area contributed by atoms with Crippen LogP contribution in [-0.2, 0) is 26.0 Å². The van der Waals surface area contributed by atoms with E-state index >= 15 is 0 Å². The van der Waals surface area contributed by atoms with E-state index in [0.29, 0.717) is 43.0 Å². The van der Waals surface area contributed by atoms with Gasteiger partial charge in [0.25, 0.3) is 0 Å². The van der Waals surface area contributed by atoms with Gasteiger partial charge < -0.3 is 19.7 Å². The Labute approximate surface area is 226 Å². The summed E-state index contributed by atoms with van der Waals surface area (Å²) < 4.78 is 37.1. The van der Waals surface area contributed by atoms with Gasteiger partial charge in [-0.3, -0.25) is 13.9 Å². The van der Waals surface area contributed by atoms with Gasteiger partial charge in [-0.05, 0) is 50.3 Å². The van der Waals surface area contributed by atoms with E-state index in [2.05, 4.69) is 5.32 Å². The van der Waals surface area contributed by atoms with Gasteiger partial charge >= 0.3 is 0 Å². The lowest BCUT2D eigenvalue weighted by molar-refractivity contribution is -0.141. The molecule has 1 N–H and O–H groups in total. The van der Waals surface area contributed by atoms with Crippen molar-refractivity contribution in [3.8, 4) is 11.5 Å². The second-order valence-corrected chi connectivity index (χ2v) is 11.4. The van der Waals surface area contributed by atoms with Crippen LogP contribution in [0.15, 0.2) is 48.5 Å². The van der Waals surface area contributed by atoms with Crippen LogP contribution in [0, 0.1) is 0 Å². The van der Waals surface area contributed by atoms with Crippen LogP contribution in [0.2, 0.25) is 0 Å². The van der Waals surface area contributed by atoms with E-state index in [1.165, 1.54) is 4.31 Å². The van der Waals surface area contributed by atoms with Gasteiger partial charge in [-0.15, -0.1) is 0 Å². The molecule has 2 amide bonds. The fourth-order valence-electron chi connectivity index (χ4n) is 4.38. The highest BCUT2D eigenvalue weighted by atomic mass is 32.2. The molecule has 0 saturated heterocycles. The first-order valence-corrected chi connectivity index (χ1v) is 15.0. The predicted octanol–water partition coefficient (Wildman–Crippen LogP) is 3.73. The predicted molar refractivity (Wildman–Crippen MR) is 148 cm³/mol. The van der Waals surface area contributed by atoms with Gasteiger partial charge in [0.1, 0.15) is 6.04 Å². The minimum absolute atomic E-state index is 0.00708. The first-order chi connectivity index (χ1) is 18.1. The lowest BCUT2D eigenvalue weighted by Gasteiger charge is -2.32. The molecule has 0 saturated carbocycles. The Balaban J connectivity index is 1.72. The third-order valence-corrected chi connectivity index (χ3v) is 7.86. The molecule has 208 valence electrons. The fraction of sp³-hybridized carbons (Fsp3) is 0.500. The van der Waals surface area contributed by atoms with Gasteiger partial charge in [-0.2, -0.15) is 0 Å². The molecule has 9 nitrogen and oxygen atoms in total. The van der Waals surface area contributed by atoms with Gasteiger partial charge in [-0.25, -0.2) is 8.42 Å². The Bertz CT molecular complexity index is 1190. The zero-order valence-corrected chi connectivity index (χ0v) is 23.5. The lowest BCUT2D eigenvalue weighted by Crippen LogP contribution is -2.51. The molecule has 0 fully saturated rings. The average molecular weight is 546 g/mol. The Morgan fingerprint density at radius 1 is 1.00 bits per heavy atom. The summed E-state index contributed by atoms with van der Waals surface area (Å²) in [6.45, 7) is 6.44. The van der Waals surface area contributed by atoms with Crippen LogP contribution < -0.4 is 19.1 Å². The van der Waals surface area contributed by atoms with E-state index in [9.17, 15) is 18.0 Å². The maximum Gasteiger partial charge on any atom is 0.243 e. The van der Waals surface area contributed by atoms with Crippen molar-refractivity contribution in [3.63, 3.8) is 0 Å². The van der Waals surface area contributed by atoms with Crippen molar-refractivity contribution in [1.29, 1.82) is 0 Å². The monoisotopic (exact) mass is 545 g/mol. The van der Waals surface area contributed by atoms with Gasteiger partial charge in [0.2, 0.25) is 28.6 Å². The number of hydrogen-bond acceptors (Lipinski definition) is 6. The smallest absolute Gasteiger partial charge is 0.243 e. The molecule has 3 rings (SSSR count). The highest BCUT2D eigenvalue weighted by Crippen LogP contribution is 2.36. The van der Waals surface area contributed by atoms with Crippen LogP contribution >= 0.6 is 0 Å². The molecule has 0 spiro atoms. The maximum atomic E-state index is 13.5. The molecule has 1 aliphatic rings. The number of carbonyl (C=O) groups excluding carboxylic acids is 2. The van der Waals surface area contributed by atoms with Gasteiger partial charge in [-0.1, -0.05) is 44.2 Å².